The van der Waals surface area contributed by atoms with Crippen molar-refractivity contribution in [1.82, 2.24) is 5.32 Å². The van der Waals surface area contributed by atoms with Gasteiger partial charge in [0.2, 0.25) is 6.41 Å². The zero-order valence-electron chi connectivity index (χ0n) is 15.9. The zero-order chi connectivity index (χ0) is 19.2. The third-order valence-electron chi connectivity index (χ3n) is 4.41. The molecule has 26 heavy (non-hydrogen) atoms. The average molecular weight is 366 g/mol. The molecule has 146 valence electrons. The van der Waals surface area contributed by atoms with E-state index in [1.165, 1.54) is 77.2 Å². The molecule has 1 aliphatic carbocycles. The summed E-state index contributed by atoms with van der Waals surface area (Å²) in [5.41, 5.74) is 0.120. The number of rotatable bonds is 3. The number of carbonyl (C=O) groups excluding carboxylic acids is 2. The molecule has 0 aromatic heterocycles. The SMILES string of the molecule is C1CCCCC1.CC1CCCN1.COC(=O)c1ccc(NC=O)c(F)c1. The van der Waals surface area contributed by atoms with Gasteiger partial charge in [-0.25, -0.2) is 9.18 Å². The Morgan fingerprint density at radius 2 is 1.81 bits per heavy atom. The predicted octanol–water partition coefficient (Wildman–Crippen LogP) is 4.28. The second-order valence-electron chi connectivity index (χ2n) is 6.57. The fourth-order valence-corrected chi connectivity index (χ4v) is 2.86. The third-order valence-corrected chi connectivity index (χ3v) is 4.41. The van der Waals surface area contributed by atoms with Crippen molar-refractivity contribution in [2.75, 3.05) is 19.0 Å². The zero-order valence-corrected chi connectivity index (χ0v) is 15.9. The van der Waals surface area contributed by atoms with Gasteiger partial charge in [-0.2, -0.15) is 0 Å². The van der Waals surface area contributed by atoms with Crippen LogP contribution in [0.25, 0.3) is 0 Å². The third kappa shape index (κ3) is 8.94. The standard InChI is InChI=1S/C9H8FNO3.C6H12.C5H11N/c1-14-9(13)6-2-3-8(11-5-12)7(10)4-6;1-2-4-6-5-3-1;1-5-3-2-4-6-5/h2-5H,1H3,(H,11,12);1-6H2;5-6H,2-4H2,1H3. The van der Waals surface area contributed by atoms with Crippen LogP contribution in [0, 0.1) is 5.82 Å². The molecule has 5 nitrogen and oxygen atoms in total. The predicted molar refractivity (Wildman–Crippen MR) is 102 cm³/mol. The lowest BCUT2D eigenvalue weighted by Crippen LogP contribution is -2.16. The van der Waals surface area contributed by atoms with Gasteiger partial charge < -0.3 is 15.4 Å². The molecule has 1 saturated carbocycles. The normalized spacial score (nSPS) is 18.5. The number of carbonyl (C=O) groups is 2. The first-order valence-electron chi connectivity index (χ1n) is 9.40. The number of hydrogen-bond acceptors (Lipinski definition) is 4. The highest BCUT2D eigenvalue weighted by Gasteiger charge is 2.09. The minimum Gasteiger partial charge on any atom is -0.465 e. The van der Waals surface area contributed by atoms with E-state index in [0.29, 0.717) is 6.41 Å². The molecular formula is C20H31FN2O3. The van der Waals surface area contributed by atoms with E-state index in [-0.39, 0.29) is 11.3 Å². The summed E-state index contributed by atoms with van der Waals surface area (Å²) in [4.78, 5) is 21.0. The van der Waals surface area contributed by atoms with Crippen LogP contribution in [-0.2, 0) is 9.53 Å². The van der Waals surface area contributed by atoms with Crippen molar-refractivity contribution < 1.29 is 18.7 Å². The lowest BCUT2D eigenvalue weighted by atomic mass is 10.0. The monoisotopic (exact) mass is 366 g/mol. The number of hydrogen-bond donors (Lipinski definition) is 2. The molecule has 2 N–H and O–H groups in total. The Balaban J connectivity index is 0.000000230. The van der Waals surface area contributed by atoms with Gasteiger partial charge in [-0.15, -0.1) is 0 Å². The molecule has 1 aromatic carbocycles. The van der Waals surface area contributed by atoms with Gasteiger partial charge in [0.25, 0.3) is 0 Å². The van der Waals surface area contributed by atoms with Gasteiger partial charge in [0, 0.05) is 6.04 Å². The van der Waals surface area contributed by atoms with E-state index in [9.17, 15) is 14.0 Å². The number of ether oxygens (including phenoxy) is 1. The van der Waals surface area contributed by atoms with E-state index >= 15 is 0 Å². The second-order valence-corrected chi connectivity index (χ2v) is 6.57. The number of benzene rings is 1. The van der Waals surface area contributed by atoms with Gasteiger partial charge in [0.15, 0.2) is 0 Å². The number of halogens is 1. The van der Waals surface area contributed by atoms with Crippen LogP contribution in [-0.4, -0.2) is 32.1 Å². The Kier molecular flexibility index (Phi) is 11.3. The molecule has 1 atom stereocenters. The summed E-state index contributed by atoms with van der Waals surface area (Å²) in [7, 11) is 1.21. The first-order valence-corrected chi connectivity index (χ1v) is 9.40. The van der Waals surface area contributed by atoms with Crippen LogP contribution in [0.4, 0.5) is 10.1 Å². The van der Waals surface area contributed by atoms with Crippen molar-refractivity contribution >= 4 is 18.1 Å². The highest BCUT2D eigenvalue weighted by molar-refractivity contribution is 5.90. The summed E-state index contributed by atoms with van der Waals surface area (Å²) in [6.45, 7) is 3.47. The number of anilines is 1. The molecular weight excluding hydrogens is 335 g/mol. The fraction of sp³-hybridized carbons (Fsp3) is 0.600. The highest BCUT2D eigenvalue weighted by Crippen LogP contribution is 2.16. The van der Waals surface area contributed by atoms with Crippen LogP contribution in [0.1, 0.15) is 68.6 Å². The van der Waals surface area contributed by atoms with Crippen molar-refractivity contribution in [3.63, 3.8) is 0 Å². The van der Waals surface area contributed by atoms with E-state index in [1.54, 1.807) is 0 Å². The van der Waals surface area contributed by atoms with Crippen LogP contribution < -0.4 is 10.6 Å². The van der Waals surface area contributed by atoms with Crippen molar-refractivity contribution in [1.29, 1.82) is 0 Å². The molecule has 6 heteroatoms. The topological polar surface area (TPSA) is 67.4 Å². The molecule has 2 aliphatic rings. The molecule has 1 heterocycles. The molecule has 1 saturated heterocycles. The van der Waals surface area contributed by atoms with Crippen molar-refractivity contribution in [3.8, 4) is 0 Å². The Morgan fingerprint density at radius 3 is 2.15 bits per heavy atom. The van der Waals surface area contributed by atoms with Crippen molar-refractivity contribution in [2.45, 2.75) is 64.3 Å². The van der Waals surface area contributed by atoms with E-state index < -0.39 is 11.8 Å². The van der Waals surface area contributed by atoms with Crippen LogP contribution >= 0.6 is 0 Å². The second kappa shape index (κ2) is 13.3. The minimum absolute atomic E-state index is 0.0210. The molecule has 1 unspecified atom stereocenters. The smallest absolute Gasteiger partial charge is 0.337 e. The summed E-state index contributed by atoms with van der Waals surface area (Å²) in [6, 6.07) is 4.44. The summed E-state index contributed by atoms with van der Waals surface area (Å²) in [5.74, 6) is -1.30. The lowest BCUT2D eigenvalue weighted by Gasteiger charge is -2.05. The van der Waals surface area contributed by atoms with Crippen LogP contribution in [0.15, 0.2) is 18.2 Å². The van der Waals surface area contributed by atoms with Gasteiger partial charge in [-0.3, -0.25) is 4.79 Å². The maximum Gasteiger partial charge on any atom is 0.337 e. The molecule has 3 rings (SSSR count). The van der Waals surface area contributed by atoms with Gasteiger partial charge in [0.05, 0.1) is 18.4 Å². The van der Waals surface area contributed by atoms with Gasteiger partial charge >= 0.3 is 5.97 Å². The molecule has 1 aliphatic heterocycles. The Morgan fingerprint density at radius 1 is 1.19 bits per heavy atom. The molecule has 2 fully saturated rings. The summed E-state index contributed by atoms with van der Waals surface area (Å²) in [5, 5.41) is 5.47. The Hall–Kier alpha value is -1.95. The summed E-state index contributed by atoms with van der Waals surface area (Å²) in [6.07, 6.45) is 12.1. The van der Waals surface area contributed by atoms with Gasteiger partial charge in [-0.05, 0) is 44.5 Å². The van der Waals surface area contributed by atoms with Crippen LogP contribution in [0.2, 0.25) is 0 Å². The first kappa shape index (κ1) is 22.1. The Labute approximate surface area is 155 Å². The molecule has 0 bridgehead atoms. The van der Waals surface area contributed by atoms with E-state index in [4.69, 9.17) is 0 Å². The van der Waals surface area contributed by atoms with Crippen LogP contribution in [0.3, 0.4) is 0 Å². The lowest BCUT2D eigenvalue weighted by molar-refractivity contribution is -0.105. The van der Waals surface area contributed by atoms with Gasteiger partial charge in [-0.1, -0.05) is 38.5 Å². The number of methoxy groups -OCH3 is 1. The largest absolute Gasteiger partial charge is 0.465 e. The summed E-state index contributed by atoms with van der Waals surface area (Å²) >= 11 is 0. The maximum atomic E-state index is 13.1. The molecule has 0 spiro atoms. The number of nitrogens with one attached hydrogen (secondary N) is 2. The van der Waals surface area contributed by atoms with Crippen LogP contribution in [0.5, 0.6) is 0 Å². The minimum atomic E-state index is -0.681. The molecule has 1 amide bonds. The van der Waals surface area contributed by atoms with E-state index in [0.717, 1.165) is 12.1 Å². The van der Waals surface area contributed by atoms with E-state index in [1.807, 2.05) is 0 Å². The number of esters is 1. The Bertz CT molecular complexity index is 530. The fourth-order valence-electron chi connectivity index (χ4n) is 2.86. The van der Waals surface area contributed by atoms with Crippen molar-refractivity contribution in [2.24, 2.45) is 0 Å². The molecule has 0 radical (unpaired) electrons. The molecule has 1 aromatic rings. The average Bonchev–Trinajstić information content (AvgIpc) is 3.16. The summed E-state index contributed by atoms with van der Waals surface area (Å²) < 4.78 is 17.5. The maximum absolute atomic E-state index is 13.1. The quantitative estimate of drug-likeness (QED) is 0.619. The van der Waals surface area contributed by atoms with Gasteiger partial charge in [0.1, 0.15) is 5.82 Å². The van der Waals surface area contributed by atoms with Crippen molar-refractivity contribution in [3.05, 3.63) is 29.6 Å². The highest BCUT2D eigenvalue weighted by atomic mass is 19.1. The first-order chi connectivity index (χ1) is 12.6. The number of amides is 1. The van der Waals surface area contributed by atoms with E-state index in [2.05, 4.69) is 22.3 Å².